The third-order valence-corrected chi connectivity index (χ3v) is 4.60. The zero-order chi connectivity index (χ0) is 17.8. The van der Waals surface area contributed by atoms with E-state index in [-0.39, 0.29) is 19.2 Å². The second-order valence-electron chi connectivity index (χ2n) is 6.55. The lowest BCUT2D eigenvalue weighted by molar-refractivity contribution is 0.0878. The Hall–Kier alpha value is -2.38. The lowest BCUT2D eigenvalue weighted by Gasteiger charge is -2.04. The number of hydrogen-bond acceptors (Lipinski definition) is 7. The average molecular weight is 359 g/mol. The van der Waals surface area contributed by atoms with Crippen LogP contribution in [0.3, 0.4) is 0 Å². The van der Waals surface area contributed by atoms with Crippen molar-refractivity contribution in [1.29, 1.82) is 0 Å². The summed E-state index contributed by atoms with van der Waals surface area (Å²) in [5, 5.41) is 3.86. The molecule has 4 rings (SSSR count). The number of carbonyl (C=O) groups excluding carboxylic acids is 1. The third kappa shape index (κ3) is 4.05. The minimum absolute atomic E-state index is 0.00247. The standard InChI is InChI=1S/C19H21NO6/c21-17(3-1-13-5-6-22-9-13)16-8-15(26-20-16)11-23-10-14-2-4-18-19(7-14)25-12-24-18/h2,4,7-8,13H,1,3,5-6,9-12H2. The van der Waals surface area contributed by atoms with Gasteiger partial charge in [-0.2, -0.15) is 0 Å². The highest BCUT2D eigenvalue weighted by molar-refractivity contribution is 5.94. The molecule has 0 saturated carbocycles. The fraction of sp³-hybridized carbons (Fsp3) is 0.474. The van der Waals surface area contributed by atoms with Gasteiger partial charge in [0.05, 0.1) is 6.61 Å². The molecule has 0 radical (unpaired) electrons. The van der Waals surface area contributed by atoms with Crippen LogP contribution in [0.1, 0.15) is 41.1 Å². The van der Waals surface area contributed by atoms with E-state index < -0.39 is 0 Å². The molecule has 1 aromatic heterocycles. The van der Waals surface area contributed by atoms with Gasteiger partial charge in [-0.05, 0) is 36.5 Å². The van der Waals surface area contributed by atoms with E-state index >= 15 is 0 Å². The molecule has 138 valence electrons. The van der Waals surface area contributed by atoms with Gasteiger partial charge >= 0.3 is 0 Å². The topological polar surface area (TPSA) is 80.0 Å². The van der Waals surface area contributed by atoms with Gasteiger partial charge in [-0.3, -0.25) is 4.79 Å². The van der Waals surface area contributed by atoms with E-state index in [1.165, 1.54) is 0 Å². The smallest absolute Gasteiger partial charge is 0.231 e. The van der Waals surface area contributed by atoms with Gasteiger partial charge in [-0.25, -0.2) is 0 Å². The summed E-state index contributed by atoms with van der Waals surface area (Å²) in [6.45, 7) is 2.47. The number of ketones is 1. The molecule has 2 aromatic rings. The minimum atomic E-state index is 0.00247. The zero-order valence-corrected chi connectivity index (χ0v) is 14.4. The van der Waals surface area contributed by atoms with E-state index in [1.54, 1.807) is 6.07 Å². The summed E-state index contributed by atoms with van der Waals surface area (Å²) in [5.41, 5.74) is 1.34. The molecule has 0 amide bonds. The van der Waals surface area contributed by atoms with E-state index in [2.05, 4.69) is 5.16 Å². The van der Waals surface area contributed by atoms with Crippen molar-refractivity contribution in [1.82, 2.24) is 5.16 Å². The number of aromatic nitrogens is 1. The summed E-state index contributed by atoms with van der Waals surface area (Å²) in [5.74, 6) is 2.50. The first-order valence-corrected chi connectivity index (χ1v) is 8.81. The third-order valence-electron chi connectivity index (χ3n) is 4.60. The number of nitrogens with zero attached hydrogens (tertiary/aromatic N) is 1. The van der Waals surface area contributed by atoms with Crippen molar-refractivity contribution in [2.45, 2.75) is 32.5 Å². The molecule has 0 spiro atoms. The highest BCUT2D eigenvalue weighted by Gasteiger charge is 2.19. The summed E-state index contributed by atoms with van der Waals surface area (Å²) < 4.78 is 26.8. The molecule has 0 aliphatic carbocycles. The van der Waals surface area contributed by atoms with E-state index in [0.717, 1.165) is 43.1 Å². The van der Waals surface area contributed by atoms with Crippen molar-refractivity contribution >= 4 is 5.78 Å². The van der Waals surface area contributed by atoms with Gasteiger partial charge in [0.25, 0.3) is 0 Å². The number of benzene rings is 1. The van der Waals surface area contributed by atoms with Crippen LogP contribution in [0.15, 0.2) is 28.8 Å². The molecule has 2 aliphatic heterocycles. The van der Waals surface area contributed by atoms with Gasteiger partial charge < -0.3 is 23.5 Å². The highest BCUT2D eigenvalue weighted by Crippen LogP contribution is 2.32. The Bertz CT molecular complexity index is 765. The number of rotatable bonds is 8. The molecule has 7 heteroatoms. The zero-order valence-electron chi connectivity index (χ0n) is 14.4. The summed E-state index contributed by atoms with van der Waals surface area (Å²) in [6.07, 6.45) is 2.34. The molecule has 0 N–H and O–H groups in total. The predicted molar refractivity (Wildman–Crippen MR) is 90.1 cm³/mol. The SMILES string of the molecule is O=C(CCC1CCOC1)c1cc(COCc2ccc3c(c2)OCO3)on1. The van der Waals surface area contributed by atoms with E-state index in [9.17, 15) is 4.79 Å². The van der Waals surface area contributed by atoms with Crippen molar-refractivity contribution in [2.75, 3.05) is 20.0 Å². The number of ether oxygens (including phenoxy) is 4. The van der Waals surface area contributed by atoms with Crippen LogP contribution in [0.25, 0.3) is 0 Å². The fourth-order valence-corrected chi connectivity index (χ4v) is 3.09. The molecular formula is C19H21NO6. The van der Waals surface area contributed by atoms with Crippen molar-refractivity contribution in [2.24, 2.45) is 5.92 Å². The molecule has 1 aromatic carbocycles. The van der Waals surface area contributed by atoms with E-state index in [4.69, 9.17) is 23.5 Å². The van der Waals surface area contributed by atoms with Gasteiger partial charge in [-0.15, -0.1) is 0 Å². The van der Waals surface area contributed by atoms with Gasteiger partial charge in [0, 0.05) is 25.7 Å². The van der Waals surface area contributed by atoms with Gasteiger partial charge in [0.1, 0.15) is 12.3 Å². The van der Waals surface area contributed by atoms with Crippen LogP contribution < -0.4 is 9.47 Å². The number of carbonyl (C=O) groups is 1. The maximum absolute atomic E-state index is 12.2. The molecule has 1 saturated heterocycles. The maximum Gasteiger partial charge on any atom is 0.231 e. The Kier molecular flexibility index (Phi) is 5.17. The lowest BCUT2D eigenvalue weighted by atomic mass is 10.00. The summed E-state index contributed by atoms with van der Waals surface area (Å²) in [4.78, 5) is 12.2. The Morgan fingerprint density at radius 2 is 2.12 bits per heavy atom. The molecule has 1 atom stereocenters. The van der Waals surface area contributed by atoms with Gasteiger partial charge in [0.15, 0.2) is 23.0 Å². The Balaban J connectivity index is 1.23. The maximum atomic E-state index is 12.2. The molecule has 3 heterocycles. The largest absolute Gasteiger partial charge is 0.454 e. The molecule has 1 fully saturated rings. The lowest BCUT2D eigenvalue weighted by Crippen LogP contribution is -2.05. The first-order chi connectivity index (χ1) is 12.8. The van der Waals surface area contributed by atoms with Crippen molar-refractivity contribution in [3.63, 3.8) is 0 Å². The first kappa shape index (κ1) is 17.1. The van der Waals surface area contributed by atoms with Crippen LogP contribution in [0.5, 0.6) is 11.5 Å². The summed E-state index contributed by atoms with van der Waals surface area (Å²) in [7, 11) is 0. The number of fused-ring (bicyclic) bond motifs is 1. The number of Topliss-reactive ketones (excluding diaryl/α,β-unsaturated/α-hetero) is 1. The highest BCUT2D eigenvalue weighted by atomic mass is 16.7. The van der Waals surface area contributed by atoms with Crippen molar-refractivity contribution in [3.8, 4) is 11.5 Å². The van der Waals surface area contributed by atoms with Gasteiger partial charge in [-0.1, -0.05) is 11.2 Å². The van der Waals surface area contributed by atoms with Crippen LogP contribution in [-0.4, -0.2) is 30.9 Å². The molecule has 2 aliphatic rings. The number of hydrogen-bond donors (Lipinski definition) is 0. The first-order valence-electron chi connectivity index (χ1n) is 8.81. The fourth-order valence-electron chi connectivity index (χ4n) is 3.09. The Labute approximate surface area is 151 Å². The Morgan fingerprint density at radius 3 is 3.00 bits per heavy atom. The second-order valence-corrected chi connectivity index (χ2v) is 6.55. The molecule has 7 nitrogen and oxygen atoms in total. The van der Waals surface area contributed by atoms with Crippen LogP contribution in [0.2, 0.25) is 0 Å². The quantitative estimate of drug-likeness (QED) is 0.670. The van der Waals surface area contributed by atoms with Crippen molar-refractivity contribution in [3.05, 3.63) is 41.3 Å². The van der Waals surface area contributed by atoms with E-state index in [1.807, 2.05) is 18.2 Å². The molecular weight excluding hydrogens is 338 g/mol. The van der Waals surface area contributed by atoms with Crippen LogP contribution in [-0.2, 0) is 22.7 Å². The molecule has 26 heavy (non-hydrogen) atoms. The Morgan fingerprint density at radius 1 is 1.19 bits per heavy atom. The molecule has 0 bridgehead atoms. The summed E-state index contributed by atoms with van der Waals surface area (Å²) >= 11 is 0. The monoisotopic (exact) mass is 359 g/mol. The van der Waals surface area contributed by atoms with Crippen LogP contribution >= 0.6 is 0 Å². The van der Waals surface area contributed by atoms with E-state index in [0.29, 0.717) is 30.4 Å². The van der Waals surface area contributed by atoms with Crippen LogP contribution in [0, 0.1) is 5.92 Å². The van der Waals surface area contributed by atoms with Gasteiger partial charge in [0.2, 0.25) is 6.79 Å². The minimum Gasteiger partial charge on any atom is -0.454 e. The molecule has 1 unspecified atom stereocenters. The normalized spacial score (nSPS) is 18.4. The van der Waals surface area contributed by atoms with Crippen LogP contribution in [0.4, 0.5) is 0 Å². The second kappa shape index (κ2) is 7.88. The summed E-state index contributed by atoms with van der Waals surface area (Å²) in [6, 6.07) is 7.34. The predicted octanol–water partition coefficient (Wildman–Crippen LogP) is 3.12. The average Bonchev–Trinajstić information content (AvgIpc) is 3.40. The van der Waals surface area contributed by atoms with Crippen molar-refractivity contribution < 1.29 is 28.3 Å².